The lowest BCUT2D eigenvalue weighted by atomic mass is 10.1. The van der Waals surface area contributed by atoms with E-state index in [-0.39, 0.29) is 25.2 Å². The number of amides is 1. The highest BCUT2D eigenvalue weighted by Crippen LogP contribution is 2.22. The Hall–Kier alpha value is -1.77. The van der Waals surface area contributed by atoms with Crippen LogP contribution in [-0.2, 0) is 20.8 Å². The number of aromatic nitrogens is 2. The van der Waals surface area contributed by atoms with E-state index in [1.165, 1.54) is 11.3 Å². The maximum atomic E-state index is 11.7. The van der Waals surface area contributed by atoms with Crippen LogP contribution in [0.5, 0.6) is 0 Å². The lowest BCUT2D eigenvalue weighted by Gasteiger charge is -2.22. The normalized spacial score (nSPS) is 18.0. The van der Waals surface area contributed by atoms with Crippen LogP contribution in [-0.4, -0.2) is 42.0 Å². The third kappa shape index (κ3) is 4.85. The smallest absolute Gasteiger partial charge is 0.268 e. The Kier molecular flexibility index (Phi) is 5.73. The van der Waals surface area contributed by atoms with E-state index in [0.717, 1.165) is 30.7 Å². The first kappa shape index (κ1) is 16.1. The molecule has 1 aliphatic heterocycles. The van der Waals surface area contributed by atoms with Gasteiger partial charge >= 0.3 is 0 Å². The molecule has 0 bridgehead atoms. The van der Waals surface area contributed by atoms with Crippen LogP contribution in [0.4, 0.5) is 0 Å². The summed E-state index contributed by atoms with van der Waals surface area (Å²) in [6.45, 7) is 1.47. The number of carbonyl (C=O) groups excluding carboxylic acids is 1. The Balaban J connectivity index is 1.35. The second-order valence-corrected chi connectivity index (χ2v) is 6.22. The maximum Gasteiger partial charge on any atom is 0.268 e. The summed E-state index contributed by atoms with van der Waals surface area (Å²) in [6.07, 6.45) is 3.37. The standard InChI is InChI=1S/C15H19N3O4S/c19-14(10-20-9-11-4-1-2-6-21-11)16-8-13-17-15(22-18-13)12-5-3-7-23-12/h3,5,7,11H,1-2,4,6,8-10H2,(H,16,19)/t11-/m0/s1. The summed E-state index contributed by atoms with van der Waals surface area (Å²) in [6, 6.07) is 3.82. The molecule has 2 aromatic heterocycles. The molecule has 1 aliphatic rings. The van der Waals surface area contributed by atoms with Gasteiger partial charge in [-0.05, 0) is 30.7 Å². The summed E-state index contributed by atoms with van der Waals surface area (Å²) < 4.78 is 16.1. The molecular formula is C15H19N3O4S. The summed E-state index contributed by atoms with van der Waals surface area (Å²) in [5.74, 6) is 0.704. The third-order valence-electron chi connectivity index (χ3n) is 3.45. The molecular weight excluding hydrogens is 318 g/mol. The first-order valence-electron chi connectivity index (χ1n) is 7.64. The van der Waals surface area contributed by atoms with Crippen molar-refractivity contribution in [3.8, 4) is 10.8 Å². The lowest BCUT2D eigenvalue weighted by molar-refractivity contribution is -0.128. The first-order valence-corrected chi connectivity index (χ1v) is 8.52. The monoisotopic (exact) mass is 337 g/mol. The Bertz CT molecular complexity index is 608. The van der Waals surface area contributed by atoms with E-state index in [4.69, 9.17) is 14.0 Å². The highest BCUT2D eigenvalue weighted by atomic mass is 32.1. The summed E-state index contributed by atoms with van der Waals surface area (Å²) in [5, 5.41) is 8.49. The van der Waals surface area contributed by atoms with Crippen LogP contribution in [0.15, 0.2) is 22.0 Å². The van der Waals surface area contributed by atoms with Crippen molar-refractivity contribution in [2.45, 2.75) is 31.9 Å². The Morgan fingerprint density at radius 1 is 1.48 bits per heavy atom. The van der Waals surface area contributed by atoms with Crippen LogP contribution in [0.3, 0.4) is 0 Å². The van der Waals surface area contributed by atoms with Crippen molar-refractivity contribution >= 4 is 17.2 Å². The maximum absolute atomic E-state index is 11.7. The topological polar surface area (TPSA) is 86.5 Å². The quantitative estimate of drug-likeness (QED) is 0.831. The highest BCUT2D eigenvalue weighted by Gasteiger charge is 2.15. The molecule has 1 fully saturated rings. The number of thiophene rings is 1. The molecule has 0 aromatic carbocycles. The van der Waals surface area contributed by atoms with Gasteiger partial charge in [-0.3, -0.25) is 4.79 Å². The van der Waals surface area contributed by atoms with Gasteiger partial charge in [0.2, 0.25) is 5.91 Å². The van der Waals surface area contributed by atoms with Gasteiger partial charge in [-0.15, -0.1) is 11.3 Å². The molecule has 2 aromatic rings. The molecule has 0 unspecified atom stereocenters. The van der Waals surface area contributed by atoms with Crippen molar-refractivity contribution in [1.29, 1.82) is 0 Å². The van der Waals surface area contributed by atoms with Crippen LogP contribution in [0.25, 0.3) is 10.8 Å². The summed E-state index contributed by atoms with van der Waals surface area (Å²) in [7, 11) is 0. The Morgan fingerprint density at radius 2 is 2.43 bits per heavy atom. The zero-order valence-corrected chi connectivity index (χ0v) is 13.5. The molecule has 0 radical (unpaired) electrons. The number of hydrogen-bond acceptors (Lipinski definition) is 7. The molecule has 3 heterocycles. The molecule has 1 N–H and O–H groups in total. The van der Waals surface area contributed by atoms with Gasteiger partial charge in [-0.1, -0.05) is 11.2 Å². The van der Waals surface area contributed by atoms with E-state index in [0.29, 0.717) is 18.3 Å². The predicted molar refractivity (Wildman–Crippen MR) is 83.9 cm³/mol. The number of ether oxygens (including phenoxy) is 2. The fourth-order valence-electron chi connectivity index (χ4n) is 2.28. The van der Waals surface area contributed by atoms with Crippen molar-refractivity contribution in [1.82, 2.24) is 15.5 Å². The van der Waals surface area contributed by atoms with Crippen molar-refractivity contribution in [2.75, 3.05) is 19.8 Å². The van der Waals surface area contributed by atoms with Crippen molar-refractivity contribution in [2.24, 2.45) is 0 Å². The number of hydrogen-bond donors (Lipinski definition) is 1. The van der Waals surface area contributed by atoms with E-state index in [9.17, 15) is 4.79 Å². The van der Waals surface area contributed by atoms with Gasteiger partial charge in [0.25, 0.3) is 5.89 Å². The van der Waals surface area contributed by atoms with Gasteiger partial charge in [0.1, 0.15) is 6.61 Å². The van der Waals surface area contributed by atoms with Gasteiger partial charge in [0, 0.05) is 6.61 Å². The molecule has 8 heteroatoms. The second-order valence-electron chi connectivity index (χ2n) is 5.27. The van der Waals surface area contributed by atoms with E-state index in [1.54, 1.807) is 0 Å². The van der Waals surface area contributed by atoms with Crippen LogP contribution in [0.2, 0.25) is 0 Å². The fraction of sp³-hybridized carbons (Fsp3) is 0.533. The molecule has 23 heavy (non-hydrogen) atoms. The minimum Gasteiger partial charge on any atom is -0.376 e. The molecule has 0 saturated carbocycles. The van der Waals surface area contributed by atoms with E-state index in [1.807, 2.05) is 17.5 Å². The first-order chi connectivity index (χ1) is 11.3. The zero-order chi connectivity index (χ0) is 15.9. The molecule has 124 valence electrons. The largest absolute Gasteiger partial charge is 0.376 e. The summed E-state index contributed by atoms with van der Waals surface area (Å²) >= 11 is 1.52. The molecule has 3 rings (SSSR count). The highest BCUT2D eigenvalue weighted by molar-refractivity contribution is 7.13. The second kappa shape index (κ2) is 8.19. The minimum atomic E-state index is -0.205. The molecule has 1 amide bonds. The minimum absolute atomic E-state index is 0.00942. The van der Waals surface area contributed by atoms with Crippen LogP contribution >= 0.6 is 11.3 Å². The molecule has 1 atom stereocenters. The summed E-state index contributed by atoms with van der Waals surface area (Å²) in [4.78, 5) is 16.9. The van der Waals surface area contributed by atoms with Gasteiger partial charge in [-0.25, -0.2) is 0 Å². The SMILES string of the molecule is O=C(COC[C@@H]1CCCCO1)NCc1noc(-c2cccs2)n1. The number of nitrogens with one attached hydrogen (secondary N) is 1. The number of rotatable bonds is 7. The molecule has 1 saturated heterocycles. The zero-order valence-electron chi connectivity index (χ0n) is 12.7. The molecule has 0 aliphatic carbocycles. The average Bonchev–Trinajstić information content (AvgIpc) is 3.25. The lowest BCUT2D eigenvalue weighted by Crippen LogP contribution is -2.30. The molecule has 0 spiro atoms. The molecule has 7 nitrogen and oxygen atoms in total. The van der Waals surface area contributed by atoms with Gasteiger partial charge in [0.15, 0.2) is 5.82 Å². The van der Waals surface area contributed by atoms with Crippen LogP contribution < -0.4 is 5.32 Å². The van der Waals surface area contributed by atoms with E-state index in [2.05, 4.69) is 15.5 Å². The van der Waals surface area contributed by atoms with E-state index < -0.39 is 0 Å². The van der Waals surface area contributed by atoms with Gasteiger partial charge < -0.3 is 19.3 Å². The number of carbonyl (C=O) groups is 1. The predicted octanol–water partition coefficient (Wildman–Crippen LogP) is 2.00. The Morgan fingerprint density at radius 3 is 3.22 bits per heavy atom. The van der Waals surface area contributed by atoms with Gasteiger partial charge in [-0.2, -0.15) is 4.98 Å². The Labute approximate surface area is 138 Å². The average molecular weight is 337 g/mol. The van der Waals surface area contributed by atoms with Crippen LogP contribution in [0, 0.1) is 0 Å². The van der Waals surface area contributed by atoms with Gasteiger partial charge in [0.05, 0.1) is 24.1 Å². The fourth-order valence-corrected chi connectivity index (χ4v) is 2.92. The number of nitrogens with zero attached hydrogens (tertiary/aromatic N) is 2. The summed E-state index contributed by atoms with van der Waals surface area (Å²) in [5.41, 5.74) is 0. The van der Waals surface area contributed by atoms with Crippen molar-refractivity contribution in [3.05, 3.63) is 23.3 Å². The van der Waals surface area contributed by atoms with Crippen LogP contribution in [0.1, 0.15) is 25.1 Å². The van der Waals surface area contributed by atoms with Crippen molar-refractivity contribution in [3.63, 3.8) is 0 Å². The third-order valence-corrected chi connectivity index (χ3v) is 4.31. The van der Waals surface area contributed by atoms with E-state index >= 15 is 0 Å². The van der Waals surface area contributed by atoms with Crippen molar-refractivity contribution < 1.29 is 18.8 Å².